The molecule has 19 heteroatoms. The van der Waals surface area contributed by atoms with Crippen LogP contribution in [0, 0.1) is 0 Å². The standard InChI is InChI=1S/C31H37ClN12O5.ClH/c1-17(32)26(45)37-18-10-23(42(4)13-18)28(47)39-20-12-25(44(6)15-20)30(49)40-21-11-24(43(5)16-21)29(48)38-19-9-22(41(3)14-19)27(46)35-7-8-36-31(33)34-2;/h9-16H,1,7-8H2,2-6H3,(H,35,46)(H,37,45)(H,38,48)(H,39,47)(H,40,49)(H3,33,34,36);1H. The number of aliphatic imine (C=N–C) groups is 1. The predicted molar refractivity (Wildman–Crippen MR) is 194 cm³/mol. The van der Waals surface area contributed by atoms with Crippen molar-refractivity contribution in [2.24, 2.45) is 38.9 Å². The van der Waals surface area contributed by atoms with Gasteiger partial charge in [0.2, 0.25) is 0 Å². The van der Waals surface area contributed by atoms with Crippen LogP contribution in [0.15, 0.2) is 65.7 Å². The molecule has 50 heavy (non-hydrogen) atoms. The quantitative estimate of drug-likeness (QED) is 0.0499. The van der Waals surface area contributed by atoms with Crippen molar-refractivity contribution < 1.29 is 24.0 Å². The molecule has 0 aliphatic carbocycles. The molecular weight excluding hydrogens is 691 g/mol. The van der Waals surface area contributed by atoms with Crippen LogP contribution in [0.1, 0.15) is 42.0 Å². The average Bonchev–Trinajstić information content (AvgIpc) is 3.80. The van der Waals surface area contributed by atoms with Crippen LogP contribution in [-0.4, -0.2) is 73.9 Å². The van der Waals surface area contributed by atoms with Crippen LogP contribution in [0.2, 0.25) is 0 Å². The molecule has 0 atom stereocenters. The van der Waals surface area contributed by atoms with Crippen LogP contribution in [-0.2, 0) is 33.0 Å². The molecular formula is C31H38Cl2N12O5. The van der Waals surface area contributed by atoms with Crippen LogP contribution in [0.25, 0.3) is 0 Å². The van der Waals surface area contributed by atoms with Crippen molar-refractivity contribution >= 4 is 82.3 Å². The van der Waals surface area contributed by atoms with E-state index in [0.717, 1.165) is 0 Å². The summed E-state index contributed by atoms with van der Waals surface area (Å²) in [5, 5.41) is 16.2. The molecule has 0 fully saturated rings. The molecule has 0 unspecified atom stereocenters. The Kier molecular flexibility index (Phi) is 12.7. The Bertz CT molecular complexity index is 1980. The molecule has 0 radical (unpaired) electrons. The highest BCUT2D eigenvalue weighted by Gasteiger charge is 2.20. The van der Waals surface area contributed by atoms with Gasteiger partial charge in [-0.3, -0.25) is 29.0 Å². The predicted octanol–water partition coefficient (Wildman–Crippen LogP) is 2.17. The maximum Gasteiger partial charge on any atom is 0.272 e. The molecule has 4 aromatic heterocycles. The number of amides is 5. The average molecular weight is 730 g/mol. The number of rotatable bonds is 12. The van der Waals surface area contributed by atoms with Crippen molar-refractivity contribution in [3.8, 4) is 0 Å². The normalized spacial score (nSPS) is 10.9. The smallest absolute Gasteiger partial charge is 0.272 e. The van der Waals surface area contributed by atoms with Crippen molar-refractivity contribution in [1.29, 1.82) is 0 Å². The second-order valence-corrected chi connectivity index (χ2v) is 11.4. The summed E-state index contributed by atoms with van der Waals surface area (Å²) in [4.78, 5) is 67.4. The molecule has 0 aliphatic heterocycles. The molecule has 5 amide bonds. The van der Waals surface area contributed by atoms with E-state index in [-0.39, 0.29) is 46.4 Å². The maximum atomic E-state index is 13.2. The molecule has 0 aromatic carbocycles. The van der Waals surface area contributed by atoms with Crippen LogP contribution in [0.3, 0.4) is 0 Å². The fraction of sp³-hybridized carbons (Fsp3) is 0.226. The van der Waals surface area contributed by atoms with Gasteiger partial charge in [0.05, 0.1) is 27.8 Å². The number of guanidine groups is 1. The number of aryl methyl sites for hydroxylation is 4. The highest BCUT2D eigenvalue weighted by atomic mass is 35.5. The van der Waals surface area contributed by atoms with Crippen LogP contribution in [0.4, 0.5) is 22.7 Å². The molecule has 0 saturated carbocycles. The summed E-state index contributed by atoms with van der Waals surface area (Å²) in [6.45, 7) is 4.07. The Morgan fingerprint density at radius 1 is 0.640 bits per heavy atom. The van der Waals surface area contributed by atoms with Crippen LogP contribution < -0.4 is 37.6 Å². The number of carbonyl (C=O) groups is 5. The molecule has 0 saturated heterocycles. The van der Waals surface area contributed by atoms with Gasteiger partial charge < -0.3 is 55.9 Å². The fourth-order valence-corrected chi connectivity index (χ4v) is 4.80. The van der Waals surface area contributed by atoms with Gasteiger partial charge >= 0.3 is 0 Å². The fourth-order valence-electron chi connectivity index (χ4n) is 4.76. The Labute approximate surface area is 298 Å². The van der Waals surface area contributed by atoms with Gasteiger partial charge in [0.25, 0.3) is 29.5 Å². The SMILES string of the molecule is C=C(Cl)C(=O)Nc1cc(C(=O)Nc2cc(C(=O)Nc3cc(C(=O)Nc4cc(C(=O)NCCNC(N)=NC)n(C)c4)n(C)c3)n(C)c2)n(C)c1.Cl. The summed E-state index contributed by atoms with van der Waals surface area (Å²) < 4.78 is 6.20. The van der Waals surface area contributed by atoms with Gasteiger partial charge in [-0.2, -0.15) is 0 Å². The number of nitrogens with one attached hydrogen (secondary N) is 6. The molecule has 0 aliphatic rings. The van der Waals surface area contributed by atoms with E-state index >= 15 is 0 Å². The third-order valence-electron chi connectivity index (χ3n) is 7.19. The third-order valence-corrected chi connectivity index (χ3v) is 7.36. The molecule has 8 N–H and O–H groups in total. The zero-order valence-corrected chi connectivity index (χ0v) is 29.5. The molecule has 4 heterocycles. The van der Waals surface area contributed by atoms with E-state index in [0.29, 0.717) is 41.5 Å². The second-order valence-electron chi connectivity index (χ2n) is 10.9. The lowest BCUT2D eigenvalue weighted by atomic mass is 10.3. The summed E-state index contributed by atoms with van der Waals surface area (Å²) in [6.07, 6.45) is 6.31. The summed E-state index contributed by atoms with van der Waals surface area (Å²) in [6, 6.07) is 6.04. The summed E-state index contributed by atoms with van der Waals surface area (Å²) in [7, 11) is 8.17. The minimum Gasteiger partial charge on any atom is -0.370 e. The van der Waals surface area contributed by atoms with E-state index < -0.39 is 23.6 Å². The zero-order chi connectivity index (χ0) is 36.0. The van der Waals surface area contributed by atoms with Crippen molar-refractivity contribution in [1.82, 2.24) is 28.9 Å². The van der Waals surface area contributed by atoms with E-state index in [1.165, 1.54) is 22.8 Å². The van der Waals surface area contributed by atoms with Gasteiger partial charge in [-0.1, -0.05) is 18.2 Å². The lowest BCUT2D eigenvalue weighted by Gasteiger charge is -2.07. The first-order chi connectivity index (χ1) is 23.2. The van der Waals surface area contributed by atoms with E-state index in [4.69, 9.17) is 17.3 Å². The first kappa shape index (κ1) is 38.5. The first-order valence-corrected chi connectivity index (χ1v) is 15.0. The maximum absolute atomic E-state index is 13.2. The second kappa shape index (κ2) is 16.4. The van der Waals surface area contributed by atoms with Gasteiger partial charge in [0.15, 0.2) is 5.96 Å². The van der Waals surface area contributed by atoms with Crippen molar-refractivity contribution in [2.45, 2.75) is 0 Å². The van der Waals surface area contributed by atoms with Gasteiger partial charge in [-0.15, -0.1) is 12.4 Å². The number of nitrogens with zero attached hydrogens (tertiary/aromatic N) is 5. The summed E-state index contributed by atoms with van der Waals surface area (Å²) in [5.41, 5.74) is 8.11. The van der Waals surface area contributed by atoms with Gasteiger partial charge in [-0.05, 0) is 24.3 Å². The van der Waals surface area contributed by atoms with E-state index in [1.54, 1.807) is 79.8 Å². The monoisotopic (exact) mass is 728 g/mol. The van der Waals surface area contributed by atoms with Crippen molar-refractivity contribution in [3.63, 3.8) is 0 Å². The van der Waals surface area contributed by atoms with Crippen molar-refractivity contribution in [2.75, 3.05) is 41.4 Å². The summed E-state index contributed by atoms with van der Waals surface area (Å²) in [5.74, 6) is -2.08. The number of halogens is 2. The summed E-state index contributed by atoms with van der Waals surface area (Å²) >= 11 is 5.61. The van der Waals surface area contributed by atoms with Crippen molar-refractivity contribution in [3.05, 3.63) is 83.4 Å². The molecule has 17 nitrogen and oxygen atoms in total. The Hall–Kier alpha value is -5.94. The lowest BCUT2D eigenvalue weighted by molar-refractivity contribution is -0.112. The molecule has 266 valence electrons. The van der Waals surface area contributed by atoms with E-state index in [1.807, 2.05) is 0 Å². The molecule has 0 spiro atoms. The Balaban J connectivity index is 0.00000676. The topological polar surface area (TPSA) is 216 Å². The largest absolute Gasteiger partial charge is 0.370 e. The highest BCUT2D eigenvalue weighted by Crippen LogP contribution is 2.21. The van der Waals surface area contributed by atoms with Crippen LogP contribution in [0.5, 0.6) is 0 Å². The molecule has 0 bridgehead atoms. The van der Waals surface area contributed by atoms with Gasteiger partial charge in [0, 0.05) is 73.1 Å². The Morgan fingerprint density at radius 2 is 0.960 bits per heavy atom. The van der Waals surface area contributed by atoms with E-state index in [2.05, 4.69) is 43.5 Å². The Morgan fingerprint density at radius 3 is 1.30 bits per heavy atom. The van der Waals surface area contributed by atoms with Crippen LogP contribution >= 0.6 is 24.0 Å². The third kappa shape index (κ3) is 9.36. The van der Waals surface area contributed by atoms with Gasteiger partial charge in [-0.25, -0.2) is 0 Å². The number of aromatic nitrogens is 4. The minimum absolute atomic E-state index is 0. The van der Waals surface area contributed by atoms with Gasteiger partial charge in [0.1, 0.15) is 22.8 Å². The first-order valence-electron chi connectivity index (χ1n) is 14.7. The zero-order valence-electron chi connectivity index (χ0n) is 27.9. The number of hydrogen-bond donors (Lipinski definition) is 7. The van der Waals surface area contributed by atoms with E-state index in [9.17, 15) is 24.0 Å². The molecule has 4 aromatic rings. The number of carbonyl (C=O) groups excluding carboxylic acids is 5. The number of hydrogen-bond acceptors (Lipinski definition) is 6. The minimum atomic E-state index is -0.592. The number of nitrogens with two attached hydrogens (primary N) is 1. The number of anilines is 4. The molecule has 4 rings (SSSR count). The highest BCUT2D eigenvalue weighted by molar-refractivity contribution is 6.43. The lowest BCUT2D eigenvalue weighted by Crippen LogP contribution is -2.38.